The summed E-state index contributed by atoms with van der Waals surface area (Å²) < 4.78 is 38.4. The number of piperidine rings is 1. The summed E-state index contributed by atoms with van der Waals surface area (Å²) in [4.78, 5) is 9.04. The number of nitrogens with zero attached hydrogens (tertiary/aromatic N) is 3. The second-order valence-corrected chi connectivity index (χ2v) is 8.33. The van der Waals surface area contributed by atoms with E-state index in [0.717, 1.165) is 62.2 Å². The van der Waals surface area contributed by atoms with Crippen molar-refractivity contribution in [3.8, 4) is 0 Å². The van der Waals surface area contributed by atoms with Crippen molar-refractivity contribution in [2.24, 2.45) is 5.92 Å². The number of benzene rings is 1. The van der Waals surface area contributed by atoms with Gasteiger partial charge < -0.3 is 4.90 Å². The first-order valence-corrected chi connectivity index (χ1v) is 10.2. The Labute approximate surface area is 162 Å². The summed E-state index contributed by atoms with van der Waals surface area (Å²) in [5.41, 5.74) is 0.206. The summed E-state index contributed by atoms with van der Waals surface area (Å²) >= 11 is 1.69. The van der Waals surface area contributed by atoms with Gasteiger partial charge in [-0.2, -0.15) is 13.2 Å². The van der Waals surface area contributed by atoms with E-state index in [9.17, 15) is 13.2 Å². The molecule has 2 aromatic rings. The van der Waals surface area contributed by atoms with Crippen molar-refractivity contribution in [2.75, 3.05) is 33.2 Å². The lowest BCUT2D eigenvalue weighted by Gasteiger charge is -2.33. The minimum Gasteiger partial charge on any atom is -0.303 e. The number of rotatable bonds is 7. The molecule has 148 valence electrons. The van der Waals surface area contributed by atoms with E-state index in [4.69, 9.17) is 0 Å². The zero-order valence-electron chi connectivity index (χ0n) is 15.6. The maximum absolute atomic E-state index is 12.8. The van der Waals surface area contributed by atoms with E-state index in [0.29, 0.717) is 12.3 Å². The number of likely N-dealkylation sites (tertiary alicyclic amines) is 1. The van der Waals surface area contributed by atoms with Crippen molar-refractivity contribution in [3.05, 3.63) is 52.0 Å². The van der Waals surface area contributed by atoms with Gasteiger partial charge in [-0.1, -0.05) is 18.2 Å². The summed E-state index contributed by atoms with van der Waals surface area (Å²) in [6.07, 6.45) is 0.532. The van der Waals surface area contributed by atoms with Crippen LogP contribution >= 0.6 is 11.3 Å². The third kappa shape index (κ3) is 6.30. The van der Waals surface area contributed by atoms with E-state index >= 15 is 0 Å². The van der Waals surface area contributed by atoms with Crippen LogP contribution in [0.5, 0.6) is 0 Å². The molecule has 0 N–H and O–H groups in total. The second-order valence-electron chi connectivity index (χ2n) is 7.36. The Morgan fingerprint density at radius 2 is 2.04 bits per heavy atom. The minimum atomic E-state index is -4.26. The fraction of sp³-hybridized carbons (Fsp3) is 0.550. The van der Waals surface area contributed by atoms with Crippen LogP contribution < -0.4 is 0 Å². The number of hydrogen-bond donors (Lipinski definition) is 0. The van der Waals surface area contributed by atoms with Gasteiger partial charge in [0.25, 0.3) is 0 Å². The Bertz CT molecular complexity index is 695. The maximum atomic E-state index is 12.8. The minimum absolute atomic E-state index is 0.554. The van der Waals surface area contributed by atoms with Gasteiger partial charge in [0.05, 0.1) is 12.1 Å². The van der Waals surface area contributed by atoms with Crippen LogP contribution in [0.15, 0.2) is 35.8 Å². The van der Waals surface area contributed by atoms with Gasteiger partial charge in [-0.15, -0.1) is 11.3 Å². The van der Waals surface area contributed by atoms with Crippen molar-refractivity contribution in [2.45, 2.75) is 32.0 Å². The Morgan fingerprint density at radius 1 is 1.26 bits per heavy atom. The van der Waals surface area contributed by atoms with Gasteiger partial charge in [-0.3, -0.25) is 4.90 Å². The van der Waals surface area contributed by atoms with Crippen molar-refractivity contribution >= 4 is 11.3 Å². The van der Waals surface area contributed by atoms with Gasteiger partial charge in [0, 0.05) is 24.7 Å². The van der Waals surface area contributed by atoms with Crippen LogP contribution in [0.4, 0.5) is 13.2 Å². The first-order chi connectivity index (χ1) is 12.9. The Kier molecular flexibility index (Phi) is 6.89. The monoisotopic (exact) mass is 397 g/mol. The summed E-state index contributed by atoms with van der Waals surface area (Å²) in [5.74, 6) is 0.680. The van der Waals surface area contributed by atoms with Gasteiger partial charge in [0.1, 0.15) is 5.01 Å². The molecule has 1 aromatic carbocycles. The number of hydrogen-bond acceptors (Lipinski definition) is 4. The third-order valence-electron chi connectivity index (χ3n) is 5.14. The number of alkyl halides is 3. The molecule has 27 heavy (non-hydrogen) atoms. The summed E-state index contributed by atoms with van der Waals surface area (Å²) in [7, 11) is 2.14. The summed E-state index contributed by atoms with van der Waals surface area (Å²) in [6, 6.07) is 5.70. The van der Waals surface area contributed by atoms with Crippen LogP contribution in [0, 0.1) is 5.92 Å². The number of halogens is 3. The lowest BCUT2D eigenvalue weighted by atomic mass is 9.96. The van der Waals surface area contributed by atoms with Crippen molar-refractivity contribution in [3.63, 3.8) is 0 Å². The molecule has 0 amide bonds. The molecule has 0 unspecified atom stereocenters. The van der Waals surface area contributed by atoms with Gasteiger partial charge in [-0.05, 0) is 56.9 Å². The van der Waals surface area contributed by atoms with Crippen LogP contribution in [-0.2, 0) is 19.1 Å². The highest BCUT2D eigenvalue weighted by Gasteiger charge is 2.30. The number of aromatic nitrogens is 1. The molecule has 1 fully saturated rings. The summed E-state index contributed by atoms with van der Waals surface area (Å²) in [6.45, 7) is 4.83. The molecule has 3 nitrogen and oxygen atoms in total. The predicted octanol–water partition coefficient (Wildman–Crippen LogP) is 4.55. The number of thiazole rings is 1. The van der Waals surface area contributed by atoms with Gasteiger partial charge in [0.2, 0.25) is 0 Å². The van der Waals surface area contributed by atoms with E-state index in [2.05, 4.69) is 21.8 Å². The van der Waals surface area contributed by atoms with Crippen LogP contribution in [0.2, 0.25) is 0 Å². The van der Waals surface area contributed by atoms with Crippen LogP contribution in [0.25, 0.3) is 0 Å². The highest BCUT2D eigenvalue weighted by Crippen LogP contribution is 2.29. The lowest BCUT2D eigenvalue weighted by Crippen LogP contribution is -2.38. The van der Waals surface area contributed by atoms with Gasteiger partial charge >= 0.3 is 6.18 Å². The molecule has 0 bridgehead atoms. The Morgan fingerprint density at radius 3 is 2.70 bits per heavy atom. The fourth-order valence-corrected chi connectivity index (χ4v) is 4.35. The molecule has 1 aliphatic heterocycles. The van der Waals surface area contributed by atoms with Crippen molar-refractivity contribution < 1.29 is 13.2 Å². The third-order valence-corrected chi connectivity index (χ3v) is 5.90. The van der Waals surface area contributed by atoms with E-state index < -0.39 is 11.7 Å². The highest BCUT2D eigenvalue weighted by atomic mass is 32.1. The lowest BCUT2D eigenvalue weighted by molar-refractivity contribution is -0.137. The van der Waals surface area contributed by atoms with Gasteiger partial charge in [-0.25, -0.2) is 4.98 Å². The molecule has 0 saturated carbocycles. The quantitative estimate of drug-likeness (QED) is 0.683. The van der Waals surface area contributed by atoms with Crippen LogP contribution in [0.1, 0.15) is 29.0 Å². The molecule has 0 radical (unpaired) electrons. The van der Waals surface area contributed by atoms with Crippen LogP contribution in [-0.4, -0.2) is 48.0 Å². The second kappa shape index (κ2) is 9.17. The molecule has 1 aliphatic rings. The first kappa shape index (κ1) is 20.3. The van der Waals surface area contributed by atoms with E-state index in [1.54, 1.807) is 17.4 Å². The average molecular weight is 398 g/mol. The molecule has 3 rings (SSSR count). The smallest absolute Gasteiger partial charge is 0.303 e. The zero-order valence-corrected chi connectivity index (χ0v) is 16.4. The topological polar surface area (TPSA) is 19.4 Å². The highest BCUT2D eigenvalue weighted by molar-refractivity contribution is 7.09. The van der Waals surface area contributed by atoms with Gasteiger partial charge in [0.15, 0.2) is 0 Å². The Balaban J connectivity index is 1.39. The largest absolute Gasteiger partial charge is 0.416 e. The van der Waals surface area contributed by atoms with E-state index in [1.807, 2.05) is 11.6 Å². The molecule has 1 aromatic heterocycles. The van der Waals surface area contributed by atoms with E-state index in [-0.39, 0.29) is 0 Å². The zero-order chi connectivity index (χ0) is 19.3. The van der Waals surface area contributed by atoms with Crippen molar-refractivity contribution in [1.29, 1.82) is 0 Å². The molecule has 0 atom stereocenters. The molecule has 1 saturated heterocycles. The maximum Gasteiger partial charge on any atom is 0.416 e. The first-order valence-electron chi connectivity index (χ1n) is 9.35. The van der Waals surface area contributed by atoms with Crippen molar-refractivity contribution in [1.82, 2.24) is 14.8 Å². The molecule has 2 heterocycles. The SMILES string of the molecule is CN(Cc1nccs1)CC1CCN(CCc2cccc(C(F)(F)F)c2)CC1. The molecular weight excluding hydrogens is 371 g/mol. The molecule has 7 heteroatoms. The van der Waals surface area contributed by atoms with Crippen LogP contribution in [0.3, 0.4) is 0 Å². The molecular formula is C20H26F3N3S. The Hall–Kier alpha value is -1.44. The normalized spacial score (nSPS) is 16.9. The molecule has 0 aliphatic carbocycles. The predicted molar refractivity (Wildman–Crippen MR) is 103 cm³/mol. The molecule has 0 spiro atoms. The van der Waals surface area contributed by atoms with E-state index in [1.165, 1.54) is 12.1 Å². The standard InChI is InChI=1S/C20H26F3N3S/c1-25(15-19-24-8-12-27-19)14-17-6-10-26(11-7-17)9-5-16-3-2-4-18(13-16)20(21,22)23/h2-4,8,12-13,17H,5-7,9-11,14-15H2,1H3. The fourth-order valence-electron chi connectivity index (χ4n) is 3.65. The summed E-state index contributed by atoms with van der Waals surface area (Å²) in [5, 5.41) is 3.16. The average Bonchev–Trinajstić information content (AvgIpc) is 3.13.